The maximum absolute atomic E-state index is 11.4. The highest BCUT2D eigenvalue weighted by atomic mass is 16.4. The van der Waals surface area contributed by atoms with Gasteiger partial charge in [-0.2, -0.15) is 0 Å². The summed E-state index contributed by atoms with van der Waals surface area (Å²) >= 11 is 0. The van der Waals surface area contributed by atoms with Crippen LogP contribution >= 0.6 is 0 Å². The molecule has 6 nitrogen and oxygen atoms in total. The van der Waals surface area contributed by atoms with Crippen molar-refractivity contribution in [1.29, 1.82) is 0 Å². The minimum Gasteiger partial charge on any atom is -0.506 e. The number of benzene rings is 1. The van der Waals surface area contributed by atoms with Crippen LogP contribution in [0, 0.1) is 0 Å². The van der Waals surface area contributed by atoms with Gasteiger partial charge in [0, 0.05) is 0 Å². The third kappa shape index (κ3) is 3.76. The smallest absolute Gasteiger partial charge is 0.335 e. The van der Waals surface area contributed by atoms with Gasteiger partial charge >= 0.3 is 5.97 Å². The molecule has 0 saturated heterocycles. The quantitative estimate of drug-likeness (QED) is 0.564. The molecule has 92 valence electrons. The number of carboxylic acids is 1. The van der Waals surface area contributed by atoms with Gasteiger partial charge in [0.15, 0.2) is 0 Å². The molecule has 6 heteroatoms. The van der Waals surface area contributed by atoms with Crippen LogP contribution in [0.1, 0.15) is 17.3 Å². The van der Waals surface area contributed by atoms with E-state index in [0.29, 0.717) is 6.54 Å². The lowest BCUT2D eigenvalue weighted by atomic mass is 10.2. The Labute approximate surface area is 98.3 Å². The van der Waals surface area contributed by atoms with E-state index in [1.165, 1.54) is 18.2 Å². The second-order valence-electron chi connectivity index (χ2n) is 3.37. The Kier molecular flexibility index (Phi) is 4.47. The molecule has 0 aromatic heterocycles. The normalized spacial score (nSPS) is 9.94. The van der Waals surface area contributed by atoms with Gasteiger partial charge in [-0.25, -0.2) is 4.79 Å². The summed E-state index contributed by atoms with van der Waals surface area (Å²) in [7, 11) is 0. The maximum atomic E-state index is 11.4. The van der Waals surface area contributed by atoms with Gasteiger partial charge in [0.05, 0.1) is 17.8 Å². The lowest BCUT2D eigenvalue weighted by Crippen LogP contribution is -2.27. The molecular formula is C11H14N2O4. The summed E-state index contributed by atoms with van der Waals surface area (Å²) in [5.74, 6) is -1.63. The molecule has 0 spiro atoms. The zero-order valence-electron chi connectivity index (χ0n) is 9.36. The number of amides is 1. The van der Waals surface area contributed by atoms with Crippen LogP contribution in [0.4, 0.5) is 5.69 Å². The Morgan fingerprint density at radius 3 is 2.65 bits per heavy atom. The second kappa shape index (κ2) is 5.86. The number of anilines is 1. The summed E-state index contributed by atoms with van der Waals surface area (Å²) in [6, 6.07) is 3.70. The zero-order valence-corrected chi connectivity index (χ0v) is 9.36. The van der Waals surface area contributed by atoms with Crippen LogP contribution in [-0.2, 0) is 4.79 Å². The Bertz CT molecular complexity index is 431. The highest BCUT2D eigenvalue weighted by Crippen LogP contribution is 2.23. The lowest BCUT2D eigenvalue weighted by Gasteiger charge is -2.08. The van der Waals surface area contributed by atoms with Crippen LogP contribution in [0.2, 0.25) is 0 Å². The van der Waals surface area contributed by atoms with E-state index in [4.69, 9.17) is 5.11 Å². The molecule has 0 aliphatic heterocycles. The first-order valence-electron chi connectivity index (χ1n) is 5.11. The fourth-order valence-corrected chi connectivity index (χ4v) is 1.20. The van der Waals surface area contributed by atoms with Crippen molar-refractivity contribution in [2.24, 2.45) is 0 Å². The fraction of sp³-hybridized carbons (Fsp3) is 0.273. The molecule has 1 rings (SSSR count). The Morgan fingerprint density at radius 2 is 2.06 bits per heavy atom. The first kappa shape index (κ1) is 13.0. The number of nitrogens with one attached hydrogen (secondary N) is 2. The van der Waals surface area contributed by atoms with Crippen LogP contribution in [0.5, 0.6) is 5.75 Å². The summed E-state index contributed by atoms with van der Waals surface area (Å²) < 4.78 is 0. The van der Waals surface area contributed by atoms with Gasteiger partial charge in [-0.15, -0.1) is 0 Å². The topological polar surface area (TPSA) is 98.7 Å². The summed E-state index contributed by atoms with van der Waals surface area (Å²) in [4.78, 5) is 22.1. The van der Waals surface area contributed by atoms with Crippen molar-refractivity contribution in [3.63, 3.8) is 0 Å². The number of carboxylic acid groups (broad SMARTS) is 1. The third-order valence-corrected chi connectivity index (χ3v) is 2.05. The third-order valence-electron chi connectivity index (χ3n) is 2.05. The second-order valence-corrected chi connectivity index (χ2v) is 3.37. The number of carbonyl (C=O) groups is 2. The molecule has 17 heavy (non-hydrogen) atoms. The van der Waals surface area contributed by atoms with Crippen LogP contribution < -0.4 is 10.6 Å². The highest BCUT2D eigenvalue weighted by molar-refractivity contribution is 5.96. The number of likely N-dealkylation sites (N-methyl/N-ethyl adjacent to an activating group) is 1. The number of rotatable bonds is 5. The Balaban J connectivity index is 2.79. The SMILES string of the molecule is CCNCC(=O)Nc1cc(C(=O)O)ccc1O. The van der Waals surface area contributed by atoms with E-state index in [1.54, 1.807) is 0 Å². The molecule has 0 unspecified atom stereocenters. The lowest BCUT2D eigenvalue weighted by molar-refractivity contribution is -0.115. The highest BCUT2D eigenvalue weighted by Gasteiger charge is 2.10. The first-order chi connectivity index (χ1) is 8.04. The molecule has 1 aromatic rings. The van der Waals surface area contributed by atoms with Gasteiger partial charge in [0.2, 0.25) is 5.91 Å². The van der Waals surface area contributed by atoms with Gasteiger partial charge in [0.1, 0.15) is 5.75 Å². The number of aromatic carboxylic acids is 1. The van der Waals surface area contributed by atoms with Gasteiger partial charge < -0.3 is 20.8 Å². The Hall–Kier alpha value is -2.08. The predicted molar refractivity (Wildman–Crippen MR) is 62.2 cm³/mol. The fourth-order valence-electron chi connectivity index (χ4n) is 1.20. The summed E-state index contributed by atoms with van der Waals surface area (Å²) in [5, 5.41) is 23.5. The van der Waals surface area contributed by atoms with Crippen molar-refractivity contribution in [2.75, 3.05) is 18.4 Å². The van der Waals surface area contributed by atoms with Crippen molar-refractivity contribution in [3.8, 4) is 5.75 Å². The van der Waals surface area contributed by atoms with Crippen molar-refractivity contribution < 1.29 is 19.8 Å². The molecular weight excluding hydrogens is 224 g/mol. The first-order valence-corrected chi connectivity index (χ1v) is 5.11. The molecule has 1 amide bonds. The van der Waals surface area contributed by atoms with Crippen LogP contribution in [0.3, 0.4) is 0 Å². The van der Waals surface area contributed by atoms with Crippen LogP contribution in [0.25, 0.3) is 0 Å². The summed E-state index contributed by atoms with van der Waals surface area (Å²) in [6.45, 7) is 2.61. The minimum absolute atomic E-state index is 0.00144. The Morgan fingerprint density at radius 1 is 1.35 bits per heavy atom. The number of carbonyl (C=O) groups excluding carboxylic acids is 1. The molecule has 0 saturated carbocycles. The van der Waals surface area contributed by atoms with Crippen LogP contribution in [0.15, 0.2) is 18.2 Å². The summed E-state index contributed by atoms with van der Waals surface area (Å²) in [5.41, 5.74) is 0.0920. The molecule has 0 aliphatic carbocycles. The molecule has 0 atom stereocenters. The molecule has 0 heterocycles. The van der Waals surface area contributed by atoms with Gasteiger partial charge in [-0.3, -0.25) is 4.79 Å². The predicted octanol–water partition coefficient (Wildman–Crippen LogP) is 0.638. The largest absolute Gasteiger partial charge is 0.506 e. The van der Waals surface area contributed by atoms with E-state index >= 15 is 0 Å². The van der Waals surface area contributed by atoms with Crippen molar-refractivity contribution in [2.45, 2.75) is 6.92 Å². The van der Waals surface area contributed by atoms with Crippen molar-refractivity contribution in [1.82, 2.24) is 5.32 Å². The van der Waals surface area contributed by atoms with E-state index in [-0.39, 0.29) is 29.5 Å². The molecule has 1 aromatic carbocycles. The van der Waals surface area contributed by atoms with Crippen molar-refractivity contribution >= 4 is 17.6 Å². The number of phenols is 1. The molecule has 0 fully saturated rings. The number of aromatic hydroxyl groups is 1. The summed E-state index contributed by atoms with van der Waals surface area (Å²) in [6.07, 6.45) is 0. The molecule has 4 N–H and O–H groups in total. The minimum atomic E-state index is -1.12. The average molecular weight is 238 g/mol. The number of hydrogen-bond donors (Lipinski definition) is 4. The van der Waals surface area contributed by atoms with Gasteiger partial charge in [0.25, 0.3) is 0 Å². The standard InChI is InChI=1S/C11H14N2O4/c1-2-12-6-10(15)13-8-5-7(11(16)17)3-4-9(8)14/h3-5,12,14H,2,6H2,1H3,(H,13,15)(H,16,17). The average Bonchev–Trinajstić information content (AvgIpc) is 2.29. The van der Waals surface area contributed by atoms with E-state index < -0.39 is 5.97 Å². The van der Waals surface area contributed by atoms with E-state index in [2.05, 4.69) is 10.6 Å². The number of hydrogen-bond acceptors (Lipinski definition) is 4. The number of phenolic OH excluding ortho intramolecular Hbond substituents is 1. The van der Waals surface area contributed by atoms with E-state index in [0.717, 1.165) is 0 Å². The maximum Gasteiger partial charge on any atom is 0.335 e. The van der Waals surface area contributed by atoms with Gasteiger partial charge in [-0.1, -0.05) is 6.92 Å². The monoisotopic (exact) mass is 238 g/mol. The van der Waals surface area contributed by atoms with Crippen molar-refractivity contribution in [3.05, 3.63) is 23.8 Å². The molecule has 0 bridgehead atoms. The molecule has 0 radical (unpaired) electrons. The molecule has 0 aliphatic rings. The van der Waals surface area contributed by atoms with Crippen LogP contribution in [-0.4, -0.2) is 35.2 Å². The zero-order chi connectivity index (χ0) is 12.8. The van der Waals surface area contributed by atoms with E-state index in [9.17, 15) is 14.7 Å². The van der Waals surface area contributed by atoms with E-state index in [1.807, 2.05) is 6.92 Å². The van der Waals surface area contributed by atoms with Gasteiger partial charge in [-0.05, 0) is 24.7 Å².